The lowest BCUT2D eigenvalue weighted by molar-refractivity contribution is -0.0658. The molecule has 0 aromatic heterocycles. The first-order chi connectivity index (χ1) is 7.82. The van der Waals surface area contributed by atoms with E-state index < -0.39 is 17.5 Å². The van der Waals surface area contributed by atoms with E-state index in [1.807, 2.05) is 0 Å². The number of rotatable bonds is 1. The van der Waals surface area contributed by atoms with E-state index in [-0.39, 0.29) is 6.42 Å². The van der Waals surface area contributed by atoms with Crippen LogP contribution in [0, 0.1) is 0 Å². The third-order valence-electron chi connectivity index (χ3n) is 3.61. The van der Waals surface area contributed by atoms with Crippen LogP contribution in [0.2, 0.25) is 0 Å². The normalized spacial score (nSPS) is 25.2. The lowest BCUT2D eigenvalue weighted by Gasteiger charge is -2.39. The average Bonchev–Trinajstić information content (AvgIpc) is 2.62. The molecule has 0 saturated carbocycles. The van der Waals surface area contributed by atoms with E-state index in [1.165, 1.54) is 0 Å². The van der Waals surface area contributed by atoms with Crippen LogP contribution in [0.25, 0.3) is 0 Å². The lowest BCUT2D eigenvalue weighted by atomic mass is 9.86. The maximum atomic E-state index is 12.5. The molecule has 0 aromatic carbocycles. The van der Waals surface area contributed by atoms with Gasteiger partial charge in [0, 0.05) is 38.4 Å². The maximum absolute atomic E-state index is 12.5. The van der Waals surface area contributed by atoms with Crippen LogP contribution < -0.4 is 0 Å². The van der Waals surface area contributed by atoms with Crippen LogP contribution in [0.15, 0.2) is 5.16 Å². The molecule has 0 N–H and O–H groups in total. The summed E-state index contributed by atoms with van der Waals surface area (Å²) in [6, 6.07) is 0.428. The molecule has 0 aromatic rings. The highest BCUT2D eigenvalue weighted by atomic mass is 19.4. The molecule has 1 saturated heterocycles. The number of oxime groups is 1. The molecule has 2 aliphatic rings. The quantitative estimate of drug-likeness (QED) is 0.714. The fourth-order valence-corrected chi connectivity index (χ4v) is 2.39. The van der Waals surface area contributed by atoms with Crippen LogP contribution in [0.5, 0.6) is 0 Å². The minimum atomic E-state index is -4.35. The van der Waals surface area contributed by atoms with Crippen LogP contribution in [-0.4, -0.2) is 41.5 Å². The van der Waals surface area contributed by atoms with Gasteiger partial charge in [0.2, 0.25) is 0 Å². The average molecular weight is 250 g/mol. The molecule has 2 heterocycles. The summed E-state index contributed by atoms with van der Waals surface area (Å²) < 4.78 is 37.4. The molecule has 98 valence electrons. The van der Waals surface area contributed by atoms with Gasteiger partial charge in [0.25, 0.3) is 0 Å². The van der Waals surface area contributed by atoms with Gasteiger partial charge in [-0.05, 0) is 13.8 Å². The van der Waals surface area contributed by atoms with Crippen LogP contribution >= 0.6 is 0 Å². The van der Waals surface area contributed by atoms with Crippen molar-refractivity contribution in [1.29, 1.82) is 0 Å². The Balaban J connectivity index is 1.94. The molecule has 0 bridgehead atoms. The van der Waals surface area contributed by atoms with Gasteiger partial charge in [-0.1, -0.05) is 5.16 Å². The van der Waals surface area contributed by atoms with Crippen molar-refractivity contribution in [2.24, 2.45) is 5.16 Å². The summed E-state index contributed by atoms with van der Waals surface area (Å²) in [4.78, 5) is 7.34. The molecule has 0 amide bonds. The largest absolute Gasteiger partial charge is 0.432 e. The number of nitrogens with zero attached hydrogens (tertiary/aromatic N) is 2. The Kier molecular flexibility index (Phi) is 3.10. The number of alkyl halides is 3. The molecule has 1 spiro atoms. The van der Waals surface area contributed by atoms with Gasteiger partial charge in [-0.25, -0.2) is 0 Å². The van der Waals surface area contributed by atoms with Crippen molar-refractivity contribution >= 4 is 5.71 Å². The van der Waals surface area contributed by atoms with Gasteiger partial charge >= 0.3 is 6.18 Å². The highest BCUT2D eigenvalue weighted by Gasteiger charge is 2.50. The monoisotopic (exact) mass is 250 g/mol. The van der Waals surface area contributed by atoms with Crippen LogP contribution in [0.3, 0.4) is 0 Å². The third-order valence-corrected chi connectivity index (χ3v) is 3.61. The topological polar surface area (TPSA) is 24.8 Å². The highest BCUT2D eigenvalue weighted by molar-refractivity contribution is 5.91. The molecule has 6 heteroatoms. The van der Waals surface area contributed by atoms with E-state index >= 15 is 0 Å². The summed E-state index contributed by atoms with van der Waals surface area (Å²) in [7, 11) is 0. The van der Waals surface area contributed by atoms with Crippen molar-refractivity contribution < 1.29 is 18.0 Å². The number of hydrogen-bond acceptors (Lipinski definition) is 3. The SMILES string of the molecule is CC(C)N1CCC2(CC1)CC(C(F)(F)F)=NO2. The lowest BCUT2D eigenvalue weighted by Crippen LogP contribution is -2.47. The molecule has 2 rings (SSSR count). The van der Waals surface area contributed by atoms with E-state index in [2.05, 4.69) is 23.9 Å². The summed E-state index contributed by atoms with van der Waals surface area (Å²) in [6.07, 6.45) is -3.20. The predicted molar refractivity (Wildman–Crippen MR) is 57.9 cm³/mol. The molecule has 0 unspecified atom stereocenters. The van der Waals surface area contributed by atoms with Crippen LogP contribution in [0.1, 0.15) is 33.1 Å². The molecule has 3 nitrogen and oxygen atoms in total. The molecular formula is C11H17F3N2O. The van der Waals surface area contributed by atoms with Crippen molar-refractivity contribution in [3.8, 4) is 0 Å². The zero-order valence-corrected chi connectivity index (χ0v) is 10.0. The van der Waals surface area contributed by atoms with Crippen molar-refractivity contribution in [2.45, 2.75) is 50.9 Å². The minimum Gasteiger partial charge on any atom is -0.388 e. The van der Waals surface area contributed by atoms with E-state index in [9.17, 15) is 13.2 Å². The van der Waals surface area contributed by atoms with Crippen LogP contribution in [-0.2, 0) is 4.84 Å². The van der Waals surface area contributed by atoms with Crippen molar-refractivity contribution in [2.75, 3.05) is 13.1 Å². The number of piperidine rings is 1. The van der Waals surface area contributed by atoms with Gasteiger partial charge in [-0.2, -0.15) is 13.2 Å². The first kappa shape index (κ1) is 12.7. The second-order valence-electron chi connectivity index (χ2n) is 5.12. The summed E-state index contributed by atoms with van der Waals surface area (Å²) in [5, 5.41) is 3.23. The maximum Gasteiger partial charge on any atom is 0.432 e. The van der Waals surface area contributed by atoms with E-state index in [0.29, 0.717) is 18.9 Å². The van der Waals surface area contributed by atoms with E-state index in [1.54, 1.807) is 0 Å². The van der Waals surface area contributed by atoms with E-state index in [0.717, 1.165) is 13.1 Å². The zero-order valence-electron chi connectivity index (χ0n) is 10.0. The fourth-order valence-electron chi connectivity index (χ4n) is 2.39. The van der Waals surface area contributed by atoms with Crippen LogP contribution in [0.4, 0.5) is 13.2 Å². The summed E-state index contributed by atoms with van der Waals surface area (Å²) in [6.45, 7) is 5.73. The summed E-state index contributed by atoms with van der Waals surface area (Å²) in [5.74, 6) is 0. The Labute approximate surface area is 98.6 Å². The minimum absolute atomic E-state index is 0.0948. The molecule has 0 atom stereocenters. The smallest absolute Gasteiger partial charge is 0.388 e. The Hall–Kier alpha value is -0.780. The Morgan fingerprint density at radius 1 is 1.29 bits per heavy atom. The molecule has 17 heavy (non-hydrogen) atoms. The number of likely N-dealkylation sites (tertiary alicyclic amines) is 1. The number of halogens is 3. The second-order valence-corrected chi connectivity index (χ2v) is 5.12. The Morgan fingerprint density at radius 2 is 1.88 bits per heavy atom. The molecule has 1 fully saturated rings. The standard InChI is InChI=1S/C11H17F3N2O/c1-8(2)16-5-3-10(4-6-16)7-9(15-17-10)11(12,13)14/h8H,3-7H2,1-2H3. The summed E-state index contributed by atoms with van der Waals surface area (Å²) >= 11 is 0. The Bertz CT molecular complexity index is 317. The van der Waals surface area contributed by atoms with Gasteiger partial charge in [0.1, 0.15) is 5.60 Å². The van der Waals surface area contributed by atoms with Crippen molar-refractivity contribution in [3.63, 3.8) is 0 Å². The van der Waals surface area contributed by atoms with Gasteiger partial charge in [-0.15, -0.1) is 0 Å². The highest BCUT2D eigenvalue weighted by Crippen LogP contribution is 2.38. The Morgan fingerprint density at radius 3 is 2.29 bits per heavy atom. The van der Waals surface area contributed by atoms with Crippen molar-refractivity contribution in [1.82, 2.24) is 4.90 Å². The number of hydrogen-bond donors (Lipinski definition) is 0. The molecule has 0 radical (unpaired) electrons. The van der Waals surface area contributed by atoms with E-state index in [4.69, 9.17) is 4.84 Å². The first-order valence-electron chi connectivity index (χ1n) is 5.89. The van der Waals surface area contributed by atoms with Gasteiger partial charge in [-0.3, -0.25) is 0 Å². The molecule has 0 aliphatic carbocycles. The van der Waals surface area contributed by atoms with Gasteiger partial charge < -0.3 is 9.74 Å². The van der Waals surface area contributed by atoms with Gasteiger partial charge in [0.15, 0.2) is 5.71 Å². The zero-order chi connectivity index (χ0) is 12.7. The predicted octanol–water partition coefficient (Wildman–Crippen LogP) is 2.57. The molecular weight excluding hydrogens is 233 g/mol. The first-order valence-corrected chi connectivity index (χ1v) is 5.89. The van der Waals surface area contributed by atoms with Gasteiger partial charge in [0.05, 0.1) is 0 Å². The fraction of sp³-hybridized carbons (Fsp3) is 0.909. The van der Waals surface area contributed by atoms with Crippen molar-refractivity contribution in [3.05, 3.63) is 0 Å². The third kappa shape index (κ3) is 2.56. The second kappa shape index (κ2) is 4.15. The molecule has 2 aliphatic heterocycles. The summed E-state index contributed by atoms with van der Waals surface area (Å²) in [5.41, 5.74) is -1.47.